The molecule has 1 fully saturated rings. The highest BCUT2D eigenvalue weighted by Crippen LogP contribution is 2.26. The Labute approximate surface area is 146 Å². The fourth-order valence-electron chi connectivity index (χ4n) is 3.11. The summed E-state index contributed by atoms with van der Waals surface area (Å²) >= 11 is 0. The van der Waals surface area contributed by atoms with Gasteiger partial charge in [0.1, 0.15) is 5.75 Å². The lowest BCUT2D eigenvalue weighted by atomic mass is 10.1. The van der Waals surface area contributed by atoms with Gasteiger partial charge >= 0.3 is 0 Å². The van der Waals surface area contributed by atoms with E-state index in [4.69, 9.17) is 4.74 Å². The van der Waals surface area contributed by atoms with Crippen LogP contribution in [0.3, 0.4) is 0 Å². The highest BCUT2D eigenvalue weighted by Gasteiger charge is 2.19. The average molecular weight is 340 g/mol. The second-order valence-corrected chi connectivity index (χ2v) is 6.21. The molecule has 0 radical (unpaired) electrons. The van der Waals surface area contributed by atoms with E-state index >= 15 is 0 Å². The van der Waals surface area contributed by atoms with Gasteiger partial charge in [-0.2, -0.15) is 0 Å². The third-order valence-corrected chi connectivity index (χ3v) is 4.44. The van der Waals surface area contributed by atoms with E-state index in [-0.39, 0.29) is 23.3 Å². The highest BCUT2D eigenvalue weighted by atomic mass is 16.6. The predicted octanol–water partition coefficient (Wildman–Crippen LogP) is 4.48. The van der Waals surface area contributed by atoms with Gasteiger partial charge in [0.2, 0.25) is 0 Å². The van der Waals surface area contributed by atoms with Crippen molar-refractivity contribution in [1.82, 2.24) is 0 Å². The zero-order chi connectivity index (χ0) is 17.8. The quantitative estimate of drug-likeness (QED) is 0.643. The largest absolute Gasteiger partial charge is 0.490 e. The molecule has 0 bridgehead atoms. The minimum atomic E-state index is -0.484. The number of anilines is 1. The van der Waals surface area contributed by atoms with Crippen LogP contribution >= 0.6 is 0 Å². The highest BCUT2D eigenvalue weighted by molar-refractivity contribution is 6.05. The lowest BCUT2D eigenvalue weighted by Crippen LogP contribution is -2.15. The zero-order valence-electron chi connectivity index (χ0n) is 14.0. The van der Waals surface area contributed by atoms with Gasteiger partial charge in [0.25, 0.3) is 11.6 Å². The molecule has 130 valence electrons. The summed E-state index contributed by atoms with van der Waals surface area (Å²) in [4.78, 5) is 23.0. The average Bonchev–Trinajstić information content (AvgIpc) is 3.08. The van der Waals surface area contributed by atoms with Crippen molar-refractivity contribution >= 4 is 17.3 Å². The first-order valence-corrected chi connectivity index (χ1v) is 8.36. The Balaban J connectivity index is 1.75. The van der Waals surface area contributed by atoms with Gasteiger partial charge in [-0.15, -0.1) is 0 Å². The lowest BCUT2D eigenvalue weighted by Gasteiger charge is -2.14. The van der Waals surface area contributed by atoms with Gasteiger partial charge in [-0.25, -0.2) is 0 Å². The van der Waals surface area contributed by atoms with Crippen molar-refractivity contribution in [3.63, 3.8) is 0 Å². The van der Waals surface area contributed by atoms with Crippen LogP contribution in [-0.2, 0) is 0 Å². The molecule has 1 saturated carbocycles. The molecule has 6 heteroatoms. The molecule has 0 aromatic heterocycles. The molecular formula is C19H20N2O4. The van der Waals surface area contributed by atoms with E-state index in [1.807, 2.05) is 12.1 Å². The van der Waals surface area contributed by atoms with Crippen LogP contribution in [0.2, 0.25) is 0 Å². The number of rotatable bonds is 5. The number of ether oxygens (including phenoxy) is 1. The van der Waals surface area contributed by atoms with Crippen molar-refractivity contribution in [3.8, 4) is 5.75 Å². The normalized spacial score (nSPS) is 14.3. The van der Waals surface area contributed by atoms with E-state index in [9.17, 15) is 14.9 Å². The summed E-state index contributed by atoms with van der Waals surface area (Å²) in [7, 11) is 0. The summed E-state index contributed by atoms with van der Waals surface area (Å²) < 4.78 is 5.94. The van der Waals surface area contributed by atoms with Gasteiger partial charge in [-0.1, -0.05) is 12.1 Å². The predicted molar refractivity (Wildman–Crippen MR) is 95.1 cm³/mol. The number of hydrogen-bond acceptors (Lipinski definition) is 4. The maximum atomic E-state index is 12.5. The van der Waals surface area contributed by atoms with Crippen LogP contribution in [0, 0.1) is 17.0 Å². The van der Waals surface area contributed by atoms with E-state index in [0.717, 1.165) is 18.6 Å². The second kappa shape index (κ2) is 7.34. The number of hydrogen-bond donors (Lipinski definition) is 1. The summed E-state index contributed by atoms with van der Waals surface area (Å²) in [6.45, 7) is 1.58. The van der Waals surface area contributed by atoms with E-state index in [0.29, 0.717) is 11.3 Å². The third-order valence-electron chi connectivity index (χ3n) is 4.44. The Morgan fingerprint density at radius 1 is 1.20 bits per heavy atom. The van der Waals surface area contributed by atoms with Crippen molar-refractivity contribution in [3.05, 3.63) is 63.7 Å². The van der Waals surface area contributed by atoms with Crippen molar-refractivity contribution in [2.75, 3.05) is 5.32 Å². The minimum absolute atomic E-state index is 0.0639. The van der Waals surface area contributed by atoms with Crippen molar-refractivity contribution in [2.45, 2.75) is 38.7 Å². The molecule has 1 amide bonds. The van der Waals surface area contributed by atoms with Gasteiger partial charge in [0.15, 0.2) is 0 Å². The first kappa shape index (κ1) is 17.0. The standard InChI is InChI=1S/C19H20N2O4/c1-13-17(10-5-11-18(13)21(23)24)19(22)20-14-6-4-9-16(12-14)25-15-7-2-3-8-15/h4-6,9-12,15H,2-3,7-8H2,1H3,(H,20,22). The Hall–Kier alpha value is -2.89. The van der Waals surface area contributed by atoms with Gasteiger partial charge in [-0.3, -0.25) is 14.9 Å². The summed E-state index contributed by atoms with van der Waals surface area (Å²) in [5.41, 5.74) is 1.18. The molecule has 0 spiro atoms. The number of nitro benzene ring substituents is 1. The maximum absolute atomic E-state index is 12.5. The molecule has 3 rings (SSSR count). The molecule has 1 aliphatic rings. The Bertz CT molecular complexity index is 798. The minimum Gasteiger partial charge on any atom is -0.490 e. The molecule has 0 aliphatic heterocycles. The van der Waals surface area contributed by atoms with E-state index < -0.39 is 4.92 Å². The van der Waals surface area contributed by atoms with Crippen LogP contribution in [0.15, 0.2) is 42.5 Å². The maximum Gasteiger partial charge on any atom is 0.273 e. The number of nitrogens with zero attached hydrogens (tertiary/aromatic N) is 1. The molecule has 0 atom stereocenters. The van der Waals surface area contributed by atoms with Crippen LogP contribution in [0.5, 0.6) is 5.75 Å². The monoisotopic (exact) mass is 340 g/mol. The molecule has 0 saturated heterocycles. The number of carbonyl (C=O) groups is 1. The first-order chi connectivity index (χ1) is 12.0. The Morgan fingerprint density at radius 3 is 2.64 bits per heavy atom. The fraction of sp³-hybridized carbons (Fsp3) is 0.316. The van der Waals surface area contributed by atoms with Crippen LogP contribution < -0.4 is 10.1 Å². The Kier molecular flexibility index (Phi) is 4.97. The molecular weight excluding hydrogens is 320 g/mol. The number of carbonyl (C=O) groups excluding carboxylic acids is 1. The third kappa shape index (κ3) is 3.96. The Morgan fingerprint density at radius 2 is 1.92 bits per heavy atom. The lowest BCUT2D eigenvalue weighted by molar-refractivity contribution is -0.385. The molecule has 0 unspecified atom stereocenters. The molecule has 1 N–H and O–H groups in total. The van der Waals surface area contributed by atoms with Gasteiger partial charge < -0.3 is 10.1 Å². The number of benzene rings is 2. The molecule has 25 heavy (non-hydrogen) atoms. The van der Waals surface area contributed by atoms with Crippen molar-refractivity contribution in [1.29, 1.82) is 0 Å². The number of nitro groups is 1. The number of nitrogens with one attached hydrogen (secondary N) is 1. The SMILES string of the molecule is Cc1c(C(=O)Nc2cccc(OC3CCCC3)c2)cccc1[N+](=O)[O-]. The van der Waals surface area contributed by atoms with Crippen molar-refractivity contribution in [2.24, 2.45) is 0 Å². The smallest absolute Gasteiger partial charge is 0.273 e. The summed E-state index contributed by atoms with van der Waals surface area (Å²) in [6.07, 6.45) is 4.73. The van der Waals surface area contributed by atoms with Crippen LogP contribution in [0.4, 0.5) is 11.4 Å². The number of amides is 1. The summed E-state index contributed by atoms with van der Waals surface area (Å²) in [6, 6.07) is 11.7. The van der Waals surface area contributed by atoms with Gasteiger partial charge in [0.05, 0.1) is 11.0 Å². The van der Waals surface area contributed by atoms with Crippen LogP contribution in [-0.4, -0.2) is 16.9 Å². The van der Waals surface area contributed by atoms with E-state index in [1.54, 1.807) is 25.1 Å². The second-order valence-electron chi connectivity index (χ2n) is 6.21. The van der Waals surface area contributed by atoms with Gasteiger partial charge in [-0.05, 0) is 50.8 Å². The van der Waals surface area contributed by atoms with E-state index in [2.05, 4.69) is 5.32 Å². The topological polar surface area (TPSA) is 81.5 Å². The van der Waals surface area contributed by atoms with E-state index in [1.165, 1.54) is 25.0 Å². The summed E-state index contributed by atoms with van der Waals surface area (Å²) in [5.74, 6) is 0.347. The van der Waals surface area contributed by atoms with Crippen LogP contribution in [0.1, 0.15) is 41.6 Å². The molecule has 6 nitrogen and oxygen atoms in total. The zero-order valence-corrected chi connectivity index (χ0v) is 14.0. The molecule has 1 aliphatic carbocycles. The molecule has 0 heterocycles. The fourth-order valence-corrected chi connectivity index (χ4v) is 3.11. The first-order valence-electron chi connectivity index (χ1n) is 8.36. The molecule has 2 aromatic carbocycles. The van der Waals surface area contributed by atoms with Crippen LogP contribution in [0.25, 0.3) is 0 Å². The van der Waals surface area contributed by atoms with Gasteiger partial charge in [0, 0.05) is 28.9 Å². The summed E-state index contributed by atoms with van der Waals surface area (Å²) in [5, 5.41) is 13.8. The molecule has 2 aromatic rings. The van der Waals surface area contributed by atoms with Crippen molar-refractivity contribution < 1.29 is 14.5 Å².